The van der Waals surface area contributed by atoms with Crippen molar-refractivity contribution >= 4 is 11.9 Å². The summed E-state index contributed by atoms with van der Waals surface area (Å²) in [6, 6.07) is 17.3. The molecule has 2 aromatic rings. The Labute approximate surface area is 200 Å². The second-order valence-corrected chi connectivity index (χ2v) is 8.05. The summed E-state index contributed by atoms with van der Waals surface area (Å²) in [5.41, 5.74) is 2.61. The van der Waals surface area contributed by atoms with Gasteiger partial charge >= 0.3 is 5.97 Å². The second kappa shape index (κ2) is 12.7. The summed E-state index contributed by atoms with van der Waals surface area (Å²) < 4.78 is 16.6. The van der Waals surface area contributed by atoms with Crippen molar-refractivity contribution < 1.29 is 23.8 Å². The fourth-order valence-corrected chi connectivity index (χ4v) is 3.83. The van der Waals surface area contributed by atoms with Crippen LogP contribution in [0.5, 0.6) is 5.75 Å². The summed E-state index contributed by atoms with van der Waals surface area (Å²) in [4.78, 5) is 27.9. The Kier molecular flexibility index (Phi) is 9.44. The lowest BCUT2D eigenvalue weighted by Gasteiger charge is -2.36. The normalized spacial score (nSPS) is 14.8. The molecule has 0 N–H and O–H groups in total. The molecule has 1 atom stereocenters. The van der Waals surface area contributed by atoms with Gasteiger partial charge < -0.3 is 19.1 Å². The van der Waals surface area contributed by atoms with Crippen LogP contribution in [0.25, 0.3) is 0 Å². The number of ether oxygens (including phenoxy) is 3. The minimum atomic E-state index is -0.482. The lowest BCUT2D eigenvalue weighted by atomic mass is 10.1. The smallest absolute Gasteiger partial charge is 0.315 e. The Hall–Kier alpha value is -3.41. The first-order valence-electron chi connectivity index (χ1n) is 11.4. The van der Waals surface area contributed by atoms with Crippen molar-refractivity contribution in [2.45, 2.75) is 26.1 Å². The number of esters is 1. The minimum absolute atomic E-state index is 0.195. The molecule has 2 aromatic carbocycles. The highest BCUT2D eigenvalue weighted by molar-refractivity contribution is 5.94. The summed E-state index contributed by atoms with van der Waals surface area (Å²) in [5.74, 6) is 0.0857. The van der Waals surface area contributed by atoms with Gasteiger partial charge in [-0.2, -0.15) is 5.26 Å². The van der Waals surface area contributed by atoms with Crippen LogP contribution in [0.15, 0.2) is 48.5 Å². The molecular weight excluding hydrogens is 434 g/mol. The average molecular weight is 466 g/mol. The fourth-order valence-electron chi connectivity index (χ4n) is 3.83. The van der Waals surface area contributed by atoms with E-state index < -0.39 is 5.97 Å². The van der Waals surface area contributed by atoms with E-state index in [0.717, 1.165) is 16.9 Å². The van der Waals surface area contributed by atoms with Crippen LogP contribution in [0, 0.1) is 11.3 Å². The van der Waals surface area contributed by atoms with Gasteiger partial charge in [-0.3, -0.25) is 14.5 Å². The quantitative estimate of drug-likeness (QED) is 0.393. The van der Waals surface area contributed by atoms with Gasteiger partial charge in [-0.15, -0.1) is 0 Å². The van der Waals surface area contributed by atoms with Crippen LogP contribution in [0.3, 0.4) is 0 Å². The third kappa shape index (κ3) is 7.30. The molecular formula is C26H31N3O5. The lowest BCUT2D eigenvalue weighted by molar-refractivity contribution is -0.149. The maximum absolute atomic E-state index is 12.4. The zero-order valence-electron chi connectivity index (χ0n) is 19.7. The second-order valence-electron chi connectivity index (χ2n) is 8.05. The highest BCUT2D eigenvalue weighted by atomic mass is 16.5. The molecule has 1 saturated heterocycles. The van der Waals surface area contributed by atoms with Crippen LogP contribution in [0.1, 0.15) is 36.1 Å². The molecule has 180 valence electrons. The van der Waals surface area contributed by atoms with E-state index in [2.05, 4.69) is 11.0 Å². The number of carbonyl (C=O) groups is 2. The maximum Gasteiger partial charge on any atom is 0.315 e. The van der Waals surface area contributed by atoms with Gasteiger partial charge in [0.05, 0.1) is 38.1 Å². The van der Waals surface area contributed by atoms with Gasteiger partial charge in [0.2, 0.25) is 5.91 Å². The Bertz CT molecular complexity index is 994. The monoisotopic (exact) mass is 465 g/mol. The van der Waals surface area contributed by atoms with Crippen molar-refractivity contribution in [2.24, 2.45) is 0 Å². The molecule has 0 bridgehead atoms. The number of nitriles is 1. The summed E-state index contributed by atoms with van der Waals surface area (Å²) in [6.07, 6.45) is -0.416. The predicted octanol–water partition coefficient (Wildman–Crippen LogP) is 2.92. The first-order valence-corrected chi connectivity index (χ1v) is 11.4. The van der Waals surface area contributed by atoms with Crippen LogP contribution in [-0.4, -0.2) is 68.1 Å². The Morgan fingerprint density at radius 1 is 1.09 bits per heavy atom. The van der Waals surface area contributed by atoms with Gasteiger partial charge in [-0.1, -0.05) is 24.3 Å². The first-order chi connectivity index (χ1) is 16.5. The molecule has 0 spiro atoms. The molecule has 1 aliphatic heterocycles. The molecule has 1 fully saturated rings. The molecule has 8 nitrogen and oxygen atoms in total. The van der Waals surface area contributed by atoms with Crippen molar-refractivity contribution in [1.82, 2.24) is 9.80 Å². The Balaban J connectivity index is 1.61. The number of nitrogens with zero attached hydrogens (tertiary/aromatic N) is 3. The first kappa shape index (κ1) is 25.2. The third-order valence-electron chi connectivity index (χ3n) is 5.75. The summed E-state index contributed by atoms with van der Waals surface area (Å²) in [5, 5.41) is 9.00. The predicted molar refractivity (Wildman–Crippen MR) is 126 cm³/mol. The van der Waals surface area contributed by atoms with Gasteiger partial charge in [-0.25, -0.2) is 0 Å². The molecule has 34 heavy (non-hydrogen) atoms. The number of rotatable bonds is 10. The molecule has 0 aliphatic carbocycles. The van der Waals surface area contributed by atoms with Crippen LogP contribution < -0.4 is 4.74 Å². The van der Waals surface area contributed by atoms with E-state index in [1.165, 1.54) is 0 Å². The van der Waals surface area contributed by atoms with Gasteiger partial charge in [0.25, 0.3) is 0 Å². The molecule has 1 aliphatic rings. The molecule has 3 rings (SSSR count). The van der Waals surface area contributed by atoms with Gasteiger partial charge in [-0.05, 0) is 42.3 Å². The van der Waals surface area contributed by atoms with Crippen molar-refractivity contribution in [2.75, 3.05) is 46.4 Å². The number of benzene rings is 2. The van der Waals surface area contributed by atoms with Crippen LogP contribution in [0.2, 0.25) is 0 Å². The molecule has 1 heterocycles. The molecule has 0 radical (unpaired) electrons. The number of carbonyl (C=O) groups excluding carboxylic acids is 2. The SMILES string of the molecule is CCOC(=O)CC(=O)N1CCN(C[C@@H](OCc2ccc(C#N)cc2)c2cccc(OC)c2)CC1. The zero-order valence-corrected chi connectivity index (χ0v) is 19.7. The summed E-state index contributed by atoms with van der Waals surface area (Å²) >= 11 is 0. The van der Waals surface area contributed by atoms with Crippen molar-refractivity contribution in [3.63, 3.8) is 0 Å². The number of amides is 1. The van der Waals surface area contributed by atoms with E-state index in [0.29, 0.717) is 44.9 Å². The van der Waals surface area contributed by atoms with Crippen molar-refractivity contribution in [1.29, 1.82) is 5.26 Å². The van der Waals surface area contributed by atoms with Crippen molar-refractivity contribution in [3.8, 4) is 11.8 Å². The van der Waals surface area contributed by atoms with E-state index in [4.69, 9.17) is 19.5 Å². The standard InChI is InChI=1S/C26H31N3O5/c1-3-33-26(31)16-25(30)29-13-11-28(12-14-29)18-24(22-5-4-6-23(15-22)32-2)34-19-21-9-7-20(17-27)8-10-21/h4-10,15,24H,3,11-14,16,18-19H2,1-2H3/t24-/m1/s1. The largest absolute Gasteiger partial charge is 0.497 e. The van der Waals surface area contributed by atoms with E-state index in [1.54, 1.807) is 31.1 Å². The fraction of sp³-hybridized carbons (Fsp3) is 0.423. The molecule has 0 saturated carbocycles. The van der Waals surface area contributed by atoms with Crippen LogP contribution in [-0.2, 0) is 25.7 Å². The zero-order chi connectivity index (χ0) is 24.3. The topological polar surface area (TPSA) is 92.1 Å². The van der Waals surface area contributed by atoms with E-state index in [9.17, 15) is 9.59 Å². The lowest BCUT2D eigenvalue weighted by Crippen LogP contribution is -2.50. The maximum atomic E-state index is 12.4. The highest BCUT2D eigenvalue weighted by Crippen LogP contribution is 2.25. The molecule has 1 amide bonds. The third-order valence-corrected chi connectivity index (χ3v) is 5.75. The van der Waals surface area contributed by atoms with Gasteiger partial charge in [0, 0.05) is 32.7 Å². The van der Waals surface area contributed by atoms with E-state index >= 15 is 0 Å². The minimum Gasteiger partial charge on any atom is -0.497 e. The van der Waals surface area contributed by atoms with E-state index in [1.807, 2.05) is 36.4 Å². The summed E-state index contributed by atoms with van der Waals surface area (Å²) in [7, 11) is 1.64. The number of hydrogen-bond acceptors (Lipinski definition) is 7. The molecule has 8 heteroatoms. The number of hydrogen-bond donors (Lipinski definition) is 0. The number of methoxy groups -OCH3 is 1. The van der Waals surface area contributed by atoms with Crippen LogP contribution >= 0.6 is 0 Å². The Morgan fingerprint density at radius 2 is 1.82 bits per heavy atom. The van der Waals surface area contributed by atoms with Gasteiger partial charge in [0.1, 0.15) is 12.2 Å². The van der Waals surface area contributed by atoms with E-state index in [-0.39, 0.29) is 25.0 Å². The van der Waals surface area contributed by atoms with Crippen LogP contribution in [0.4, 0.5) is 0 Å². The summed E-state index contributed by atoms with van der Waals surface area (Å²) in [6.45, 7) is 5.55. The number of piperazine rings is 1. The molecule has 0 aromatic heterocycles. The highest BCUT2D eigenvalue weighted by Gasteiger charge is 2.25. The molecule has 0 unspecified atom stereocenters. The van der Waals surface area contributed by atoms with Crippen molar-refractivity contribution in [3.05, 3.63) is 65.2 Å². The Morgan fingerprint density at radius 3 is 2.47 bits per heavy atom. The van der Waals surface area contributed by atoms with Gasteiger partial charge in [0.15, 0.2) is 0 Å². The average Bonchev–Trinajstić information content (AvgIpc) is 2.87.